The predicted molar refractivity (Wildman–Crippen MR) is 240 cm³/mol. The number of thioether (sulfide) groups is 1. The Kier molecular flexibility index (Phi) is 18.1. The number of hydrogen-bond acceptors (Lipinski definition) is 21. The number of rotatable bonds is 23. The maximum Gasteiger partial charge on any atom is 0.481 e. The summed E-state index contributed by atoms with van der Waals surface area (Å²) < 4.78 is 69.7. The highest BCUT2D eigenvalue weighted by Crippen LogP contribution is 2.61. The zero-order chi connectivity index (χ0) is 51.1. The number of nitrogens with two attached hydrogens (primary N) is 1. The summed E-state index contributed by atoms with van der Waals surface area (Å²) in [5.41, 5.74) is 5.23. The molecule has 378 valence electrons. The summed E-state index contributed by atoms with van der Waals surface area (Å²) in [7, 11) is -16.5. The van der Waals surface area contributed by atoms with Crippen LogP contribution in [0, 0.1) is 22.2 Å². The van der Waals surface area contributed by atoms with E-state index in [4.69, 9.17) is 24.3 Å². The number of hydrogen-bond donors (Lipinski definition) is 9. The number of nitrogen functional groups attached to an aromatic ring is 1. The lowest BCUT2D eigenvalue weighted by Crippen LogP contribution is -2.46. The number of carbonyl (C=O) groups is 3. The number of nitrogens with one attached hydrogen (secondary N) is 2. The van der Waals surface area contributed by atoms with Crippen LogP contribution in [0.5, 0.6) is 5.75 Å². The minimum Gasteiger partial charge on any atom is -0.492 e. The molecule has 0 radical (unpaired) electrons. The van der Waals surface area contributed by atoms with Crippen LogP contribution in [0.3, 0.4) is 0 Å². The van der Waals surface area contributed by atoms with Crippen molar-refractivity contribution in [2.45, 2.75) is 71.7 Å². The Morgan fingerprint density at radius 2 is 1.72 bits per heavy atom. The number of aromatic nitrogens is 6. The normalized spacial score (nSPS) is 19.9. The molecule has 0 saturated carbocycles. The summed E-state index contributed by atoms with van der Waals surface area (Å²) in [5, 5.41) is 40.1. The van der Waals surface area contributed by atoms with Crippen molar-refractivity contribution in [1.82, 2.24) is 39.9 Å². The zero-order valence-electron chi connectivity index (χ0n) is 37.4. The van der Waals surface area contributed by atoms with Crippen LogP contribution in [0.25, 0.3) is 16.9 Å². The van der Waals surface area contributed by atoms with Crippen molar-refractivity contribution in [3.63, 3.8) is 0 Å². The first-order valence-corrected chi connectivity index (χ1v) is 25.9. The molecular formula is C37H51N10O18P3S. The maximum atomic E-state index is 12.8. The molecule has 28 nitrogen and oxygen atoms in total. The second kappa shape index (κ2) is 22.6. The SMILES string of the molecule is CC(C)(C)COc1ccc(-n2cc(C(=O)SCCNC(=O)CCNC(=O)C(O)C(C)(C)COP(=O)(O)OP(=O)(O)OCC3OC(n4cnc5c(N)ncnc54)C(O)C3OP(=O)(O)O)cn2)cc1C#N. The molecule has 0 bridgehead atoms. The molecule has 5 rings (SSSR count). The number of nitriles is 1. The average Bonchev–Trinajstić information content (AvgIpc) is 4.00. The minimum atomic E-state index is -5.61. The number of nitrogens with zero attached hydrogens (tertiary/aromatic N) is 7. The largest absolute Gasteiger partial charge is 0.492 e. The first-order chi connectivity index (χ1) is 32.1. The van der Waals surface area contributed by atoms with E-state index < -0.39 is 84.6 Å². The Hall–Kier alpha value is -4.72. The highest BCUT2D eigenvalue weighted by atomic mass is 32.2. The summed E-state index contributed by atoms with van der Waals surface area (Å²) in [6, 6.07) is 7.08. The highest BCUT2D eigenvalue weighted by molar-refractivity contribution is 8.14. The molecule has 1 aliphatic heterocycles. The summed E-state index contributed by atoms with van der Waals surface area (Å²) >= 11 is 0.925. The third-order valence-electron chi connectivity index (χ3n) is 9.56. The molecule has 69 heavy (non-hydrogen) atoms. The van der Waals surface area contributed by atoms with Gasteiger partial charge in [-0.15, -0.1) is 0 Å². The van der Waals surface area contributed by atoms with Gasteiger partial charge >= 0.3 is 23.5 Å². The third-order valence-corrected chi connectivity index (χ3v) is 13.6. The topological polar surface area (TPSA) is 414 Å². The van der Waals surface area contributed by atoms with E-state index in [9.17, 15) is 63.1 Å². The maximum absolute atomic E-state index is 12.8. The Balaban J connectivity index is 1.02. The van der Waals surface area contributed by atoms with Crippen LogP contribution in [-0.4, -0.2) is 139 Å². The summed E-state index contributed by atoms with van der Waals surface area (Å²) in [4.78, 5) is 89.1. The lowest BCUT2D eigenvalue weighted by molar-refractivity contribution is -0.137. The van der Waals surface area contributed by atoms with Crippen molar-refractivity contribution in [3.05, 3.63) is 54.4 Å². The lowest BCUT2D eigenvalue weighted by atomic mass is 9.87. The van der Waals surface area contributed by atoms with E-state index >= 15 is 0 Å². The molecule has 0 aliphatic carbocycles. The first-order valence-electron chi connectivity index (χ1n) is 20.4. The number of aliphatic hydroxyl groups excluding tert-OH is 2. The molecule has 2 amide bonds. The third kappa shape index (κ3) is 15.6. The van der Waals surface area contributed by atoms with E-state index in [-0.39, 0.29) is 58.3 Å². The van der Waals surface area contributed by atoms with Crippen LogP contribution < -0.4 is 21.1 Å². The van der Waals surface area contributed by atoms with Crippen molar-refractivity contribution >= 4 is 69.1 Å². The van der Waals surface area contributed by atoms with Gasteiger partial charge in [0.2, 0.25) is 16.9 Å². The fourth-order valence-electron chi connectivity index (χ4n) is 6.09. The molecule has 1 aromatic carbocycles. The fraction of sp³-hybridized carbons (Fsp3) is 0.514. The number of anilines is 1. The van der Waals surface area contributed by atoms with E-state index in [2.05, 4.69) is 45.6 Å². The standard InChI is InChI=1S/C37H51N10O18P3S/c1-36(2,3)17-60-24-7-6-23(12-21(24)13-38)47-15-22(14-45-47)35(52)69-11-10-40-26(48)8-9-41-33(51)30(50)37(4,5)18-62-68(58,59)65-67(56,57)61-16-25-29(64-66(53,54)55)28(49)34(63-25)46-20-44-27-31(39)42-19-43-32(27)46/h6-7,12,14-15,19-20,25,28-30,34,49-50H,8-11,16-18H2,1-5H3,(H,40,48)(H,41,51)(H,56,57)(H,58,59)(H2,39,42,43)(H2,53,54,55). The summed E-state index contributed by atoms with van der Waals surface area (Å²) in [6.07, 6.45) is -4.23. The number of amides is 2. The molecule has 3 aromatic heterocycles. The van der Waals surface area contributed by atoms with E-state index in [1.807, 2.05) is 20.8 Å². The number of ether oxygens (including phenoxy) is 2. The molecular weight excluding hydrogens is 997 g/mol. The smallest absolute Gasteiger partial charge is 0.481 e. The fourth-order valence-corrected chi connectivity index (χ4v) is 9.59. The van der Waals surface area contributed by atoms with Crippen LogP contribution in [0.2, 0.25) is 0 Å². The van der Waals surface area contributed by atoms with E-state index in [0.717, 1.165) is 29.0 Å². The van der Waals surface area contributed by atoms with E-state index in [0.29, 0.717) is 23.6 Å². The Morgan fingerprint density at radius 3 is 2.41 bits per heavy atom. The van der Waals surface area contributed by atoms with Gasteiger partial charge in [0.05, 0.1) is 49.2 Å². The molecule has 7 unspecified atom stereocenters. The second-order valence-corrected chi connectivity index (χ2v) is 22.3. The van der Waals surface area contributed by atoms with Crippen molar-refractivity contribution in [1.29, 1.82) is 5.26 Å². The number of fused-ring (bicyclic) bond motifs is 1. The summed E-state index contributed by atoms with van der Waals surface area (Å²) in [6.45, 7) is 6.66. The van der Waals surface area contributed by atoms with Crippen molar-refractivity contribution in [2.75, 3.05) is 44.4 Å². The van der Waals surface area contributed by atoms with Gasteiger partial charge in [0.25, 0.3) is 0 Å². The first kappa shape index (κ1) is 55.2. The molecule has 4 heterocycles. The van der Waals surface area contributed by atoms with Gasteiger partial charge in [-0.25, -0.2) is 33.3 Å². The van der Waals surface area contributed by atoms with Gasteiger partial charge in [-0.05, 0) is 23.6 Å². The van der Waals surface area contributed by atoms with Gasteiger partial charge in [0.15, 0.2) is 17.7 Å². The molecule has 4 aromatic rings. The second-order valence-electron chi connectivity index (χ2n) is 17.0. The molecule has 1 aliphatic rings. The lowest BCUT2D eigenvalue weighted by Gasteiger charge is -2.30. The molecule has 1 fully saturated rings. The van der Waals surface area contributed by atoms with Crippen molar-refractivity contribution in [2.24, 2.45) is 10.8 Å². The molecule has 0 spiro atoms. The number of carbonyl (C=O) groups excluding carboxylic acids is 3. The highest BCUT2D eigenvalue weighted by Gasteiger charge is 2.50. The van der Waals surface area contributed by atoms with Crippen LogP contribution >= 0.6 is 35.2 Å². The summed E-state index contributed by atoms with van der Waals surface area (Å²) in [5.74, 6) is -0.947. The molecule has 32 heteroatoms. The molecule has 1 saturated heterocycles. The molecule has 10 N–H and O–H groups in total. The quantitative estimate of drug-likeness (QED) is 0.0375. The number of benzene rings is 1. The van der Waals surface area contributed by atoms with Crippen molar-refractivity contribution < 1.29 is 85.2 Å². The predicted octanol–water partition coefficient (Wildman–Crippen LogP) is 1.46. The van der Waals surface area contributed by atoms with E-state index in [1.54, 1.807) is 18.2 Å². The van der Waals surface area contributed by atoms with Crippen LogP contribution in [0.4, 0.5) is 5.82 Å². The number of aliphatic hydroxyl groups is 2. The van der Waals surface area contributed by atoms with Gasteiger partial charge in [0, 0.05) is 36.9 Å². The number of imidazole rings is 1. The van der Waals surface area contributed by atoms with Gasteiger partial charge in [-0.1, -0.05) is 46.4 Å². The van der Waals surface area contributed by atoms with Gasteiger partial charge in [-0.3, -0.25) is 32.5 Å². The average molecular weight is 1050 g/mol. The van der Waals surface area contributed by atoms with E-state index in [1.165, 1.54) is 30.9 Å². The molecule has 7 atom stereocenters. The van der Waals surface area contributed by atoms with Crippen LogP contribution in [-0.2, 0) is 45.9 Å². The van der Waals surface area contributed by atoms with Crippen LogP contribution in [0.15, 0.2) is 43.2 Å². The number of phosphoric ester groups is 3. The van der Waals surface area contributed by atoms with Crippen molar-refractivity contribution in [3.8, 4) is 17.5 Å². The monoisotopic (exact) mass is 1050 g/mol. The minimum absolute atomic E-state index is 0.0199. The zero-order valence-corrected chi connectivity index (χ0v) is 40.9. The van der Waals surface area contributed by atoms with Gasteiger partial charge in [-0.2, -0.15) is 14.7 Å². The van der Waals surface area contributed by atoms with Gasteiger partial charge < -0.3 is 55.6 Å². The van der Waals surface area contributed by atoms with Crippen LogP contribution in [0.1, 0.15) is 63.2 Å². The Morgan fingerprint density at radius 1 is 1.01 bits per heavy atom. The number of phosphoric acid groups is 3. The Bertz CT molecular complexity index is 2690. The van der Waals surface area contributed by atoms with Gasteiger partial charge in [0.1, 0.15) is 48.1 Å². The Labute approximate surface area is 397 Å².